The number of hydrogen-bond donors (Lipinski definition) is 2. The average Bonchev–Trinajstić information content (AvgIpc) is 2.56. The fraction of sp³-hybridized carbons (Fsp3) is 0.133. The van der Waals surface area contributed by atoms with E-state index in [4.69, 9.17) is 0 Å². The Hall–Kier alpha value is -2.80. The van der Waals surface area contributed by atoms with Crippen molar-refractivity contribution in [3.05, 3.63) is 58.9 Å². The molecule has 1 aromatic heterocycles. The Morgan fingerprint density at radius 2 is 2.09 bits per heavy atom. The number of amides is 1. The van der Waals surface area contributed by atoms with Gasteiger partial charge in [0, 0.05) is 22.9 Å². The Morgan fingerprint density at radius 1 is 1.41 bits per heavy atom. The lowest BCUT2D eigenvalue weighted by molar-refractivity contribution is 0.0215. The maximum absolute atomic E-state index is 13.8. The number of aromatic nitrogens is 1. The monoisotopic (exact) mass is 303 g/mol. The highest BCUT2D eigenvalue weighted by atomic mass is 19.2. The largest absolute Gasteiger partial charge is 0.505 e. The summed E-state index contributed by atoms with van der Waals surface area (Å²) < 4.78 is 13.8. The molecule has 2 N–H and O–H groups in total. The van der Waals surface area contributed by atoms with E-state index in [0.717, 1.165) is 6.21 Å². The van der Waals surface area contributed by atoms with Crippen molar-refractivity contribution in [2.75, 3.05) is 0 Å². The minimum Gasteiger partial charge on any atom is -0.505 e. The van der Waals surface area contributed by atoms with Gasteiger partial charge in [-0.2, -0.15) is 0 Å². The molecule has 22 heavy (non-hydrogen) atoms. The smallest absolute Gasteiger partial charge is 0.304 e. The Morgan fingerprint density at radius 3 is 2.73 bits per heavy atom. The van der Waals surface area contributed by atoms with Gasteiger partial charge in [0.1, 0.15) is 5.75 Å². The first-order chi connectivity index (χ1) is 10.5. The van der Waals surface area contributed by atoms with Gasteiger partial charge in [-0.1, -0.05) is 27.9 Å². The van der Waals surface area contributed by atoms with Gasteiger partial charge in [-0.15, -0.1) is 5.10 Å². The first-order valence-electron chi connectivity index (χ1n) is 6.42. The van der Waals surface area contributed by atoms with Crippen LogP contribution in [0.2, 0.25) is 0 Å². The third kappa shape index (κ3) is 3.26. The molecule has 0 saturated heterocycles. The van der Waals surface area contributed by atoms with Crippen molar-refractivity contribution in [1.82, 2.24) is 10.2 Å². The maximum Gasteiger partial charge on any atom is 0.304 e. The van der Waals surface area contributed by atoms with Crippen molar-refractivity contribution in [1.29, 1.82) is 0 Å². The van der Waals surface area contributed by atoms with Gasteiger partial charge in [0.2, 0.25) is 0 Å². The molecular formula is C15H14FN3O3. The predicted molar refractivity (Wildman–Crippen MR) is 77.9 cm³/mol. The van der Waals surface area contributed by atoms with Crippen LogP contribution >= 0.6 is 0 Å². The van der Waals surface area contributed by atoms with E-state index >= 15 is 0 Å². The van der Waals surface area contributed by atoms with Crippen LogP contribution in [0.1, 0.15) is 27.2 Å². The van der Waals surface area contributed by atoms with Crippen LogP contribution in [0.5, 0.6) is 5.75 Å². The molecule has 0 radical (unpaired) electrons. The molecule has 1 aromatic carbocycles. The quantitative estimate of drug-likeness (QED) is 0.513. The maximum atomic E-state index is 13.8. The molecular weight excluding hydrogens is 289 g/mol. The van der Waals surface area contributed by atoms with Gasteiger partial charge in [-0.25, -0.2) is 0 Å². The van der Waals surface area contributed by atoms with E-state index in [1.165, 1.54) is 18.3 Å². The second-order valence-corrected chi connectivity index (χ2v) is 4.47. The summed E-state index contributed by atoms with van der Waals surface area (Å²) in [6, 6.07) is 7.82. The Balaban J connectivity index is 2.25. The van der Waals surface area contributed by atoms with E-state index in [2.05, 4.69) is 10.1 Å². The number of aliphatic hydroxyl groups is 1. The molecule has 6 nitrogen and oxygen atoms in total. The van der Waals surface area contributed by atoms with E-state index in [0.29, 0.717) is 5.69 Å². The van der Waals surface area contributed by atoms with Crippen LogP contribution in [-0.2, 0) is 6.61 Å². The number of hydrazone groups is 1. The number of aliphatic hydroxyl groups excluding tert-OH is 1. The van der Waals surface area contributed by atoms with Gasteiger partial charge in [0.15, 0.2) is 0 Å². The molecule has 0 fully saturated rings. The summed E-state index contributed by atoms with van der Waals surface area (Å²) in [5.74, 6) is -1.16. The van der Waals surface area contributed by atoms with E-state index in [1.54, 1.807) is 25.1 Å². The lowest BCUT2D eigenvalue weighted by Gasteiger charge is -2.08. The number of halogens is 1. The van der Waals surface area contributed by atoms with Crippen molar-refractivity contribution < 1.29 is 19.5 Å². The van der Waals surface area contributed by atoms with Crippen LogP contribution in [-0.4, -0.2) is 32.5 Å². The SMILES string of the molecule is Cc1ncc(CO)c(C=NN(F)C(=O)c2ccccc2)c1O. The van der Waals surface area contributed by atoms with Crippen molar-refractivity contribution in [3.63, 3.8) is 0 Å². The molecule has 0 bridgehead atoms. The molecule has 0 saturated carbocycles. The Bertz CT molecular complexity index is 705. The highest BCUT2D eigenvalue weighted by Gasteiger charge is 2.15. The Labute approximate surface area is 126 Å². The van der Waals surface area contributed by atoms with Crippen LogP contribution in [0.3, 0.4) is 0 Å². The van der Waals surface area contributed by atoms with E-state index in [9.17, 15) is 19.5 Å². The van der Waals surface area contributed by atoms with Gasteiger partial charge in [0.05, 0.1) is 18.5 Å². The van der Waals surface area contributed by atoms with Gasteiger partial charge in [-0.05, 0) is 19.1 Å². The van der Waals surface area contributed by atoms with E-state index < -0.39 is 12.5 Å². The van der Waals surface area contributed by atoms with Crippen LogP contribution in [0.25, 0.3) is 0 Å². The standard InChI is InChI=1S/C15H14FN3O3/c1-10-14(21)13(12(9-20)7-17-10)8-18-19(16)15(22)11-5-3-2-4-6-11/h2-8,20-21H,9H2,1H3. The minimum absolute atomic E-state index is 0.110. The zero-order chi connectivity index (χ0) is 16.1. The van der Waals surface area contributed by atoms with Crippen molar-refractivity contribution in [2.24, 2.45) is 5.10 Å². The number of aryl methyl sites for hydroxylation is 1. The summed E-state index contributed by atoms with van der Waals surface area (Å²) >= 11 is 0. The molecule has 0 aliphatic heterocycles. The summed E-state index contributed by atoms with van der Waals surface area (Å²) in [4.78, 5) is 15.7. The fourth-order valence-electron chi connectivity index (χ4n) is 1.77. The van der Waals surface area contributed by atoms with Crippen molar-refractivity contribution >= 4 is 12.1 Å². The minimum atomic E-state index is -0.937. The molecule has 2 rings (SSSR count). The summed E-state index contributed by atoms with van der Waals surface area (Å²) in [5.41, 5.74) is 0.823. The number of carbonyl (C=O) groups is 1. The molecule has 0 aliphatic rings. The molecule has 1 heterocycles. The van der Waals surface area contributed by atoms with Crippen LogP contribution in [0, 0.1) is 6.92 Å². The van der Waals surface area contributed by atoms with Crippen LogP contribution in [0.4, 0.5) is 4.48 Å². The molecule has 114 valence electrons. The molecule has 0 spiro atoms. The average molecular weight is 303 g/mol. The number of benzene rings is 1. The topological polar surface area (TPSA) is 86.0 Å². The predicted octanol–water partition coefficient (Wildman–Crippen LogP) is 1.95. The van der Waals surface area contributed by atoms with Crippen molar-refractivity contribution in [2.45, 2.75) is 13.5 Å². The second-order valence-electron chi connectivity index (χ2n) is 4.47. The summed E-state index contributed by atoms with van der Waals surface area (Å²) in [6.45, 7) is 1.15. The Kier molecular flexibility index (Phi) is 4.80. The number of nitrogens with zero attached hydrogens (tertiary/aromatic N) is 3. The first-order valence-corrected chi connectivity index (χ1v) is 6.42. The van der Waals surface area contributed by atoms with E-state index in [1.807, 2.05) is 0 Å². The lowest BCUT2D eigenvalue weighted by Crippen LogP contribution is -2.17. The van der Waals surface area contributed by atoms with Gasteiger partial charge in [0.25, 0.3) is 0 Å². The zero-order valence-corrected chi connectivity index (χ0v) is 11.8. The number of rotatable bonds is 4. The first kappa shape index (κ1) is 15.6. The summed E-state index contributed by atoms with van der Waals surface area (Å²) in [6.07, 6.45) is 2.31. The van der Waals surface area contributed by atoms with Crippen LogP contribution in [0.15, 0.2) is 41.6 Å². The zero-order valence-electron chi connectivity index (χ0n) is 11.8. The fourth-order valence-corrected chi connectivity index (χ4v) is 1.77. The van der Waals surface area contributed by atoms with Crippen molar-refractivity contribution in [3.8, 4) is 5.75 Å². The third-order valence-corrected chi connectivity index (χ3v) is 3.00. The number of carbonyl (C=O) groups excluding carboxylic acids is 1. The van der Waals surface area contributed by atoms with E-state index in [-0.39, 0.29) is 27.7 Å². The lowest BCUT2D eigenvalue weighted by atomic mass is 10.1. The van der Waals surface area contributed by atoms with Gasteiger partial charge >= 0.3 is 5.91 Å². The summed E-state index contributed by atoms with van der Waals surface area (Å²) in [5, 5.41) is 22.1. The molecule has 1 amide bonds. The number of aromatic hydroxyl groups is 1. The normalized spacial score (nSPS) is 10.9. The number of hydrogen-bond acceptors (Lipinski definition) is 5. The van der Waals surface area contributed by atoms with Gasteiger partial charge in [-0.3, -0.25) is 9.78 Å². The third-order valence-electron chi connectivity index (χ3n) is 3.00. The molecule has 0 aliphatic carbocycles. The summed E-state index contributed by atoms with van der Waals surface area (Å²) in [7, 11) is 0. The van der Waals surface area contributed by atoms with Crippen LogP contribution < -0.4 is 0 Å². The molecule has 0 atom stereocenters. The molecule has 2 aromatic rings. The highest BCUT2D eigenvalue weighted by molar-refractivity contribution is 5.94. The second kappa shape index (κ2) is 6.77. The van der Waals surface area contributed by atoms with Gasteiger partial charge < -0.3 is 10.2 Å². The molecule has 7 heteroatoms. The molecule has 0 unspecified atom stereocenters. The highest BCUT2D eigenvalue weighted by Crippen LogP contribution is 2.22. The number of pyridine rings is 1.